The third-order valence-electron chi connectivity index (χ3n) is 2.30. The van der Waals surface area contributed by atoms with Crippen LogP contribution in [0.5, 0.6) is 0 Å². The van der Waals surface area contributed by atoms with Crippen LogP contribution in [0.4, 0.5) is 17.1 Å². The highest BCUT2D eigenvalue weighted by atomic mass is 16.6. The second-order valence-electron chi connectivity index (χ2n) is 3.99. The Balaban J connectivity index is 3.35. The molecule has 0 radical (unpaired) electrons. The van der Waals surface area contributed by atoms with Crippen LogP contribution in [0, 0.1) is 17.0 Å². The van der Waals surface area contributed by atoms with E-state index in [9.17, 15) is 14.9 Å². The highest BCUT2D eigenvalue weighted by Crippen LogP contribution is 2.32. The molecule has 0 aromatic heterocycles. The number of nitrogens with zero attached hydrogens (tertiary/aromatic N) is 2. The van der Waals surface area contributed by atoms with Crippen LogP contribution in [0.3, 0.4) is 0 Å². The third kappa shape index (κ3) is 2.93. The molecule has 0 aliphatic carbocycles. The van der Waals surface area contributed by atoms with Crippen LogP contribution in [-0.4, -0.2) is 24.9 Å². The first-order valence-corrected chi connectivity index (χ1v) is 5.07. The van der Waals surface area contributed by atoms with E-state index in [1.807, 2.05) is 21.0 Å². The summed E-state index contributed by atoms with van der Waals surface area (Å²) in [7, 11) is 3.62. The minimum Gasteiger partial charge on any atom is -0.377 e. The molecule has 0 saturated heterocycles. The van der Waals surface area contributed by atoms with Gasteiger partial charge in [0.2, 0.25) is 5.91 Å². The van der Waals surface area contributed by atoms with Crippen molar-refractivity contribution in [1.29, 1.82) is 0 Å². The highest BCUT2D eigenvalue weighted by Gasteiger charge is 2.18. The molecular formula is C11H15N3O3. The fourth-order valence-corrected chi connectivity index (χ4v) is 1.61. The number of nitrogens with one attached hydrogen (secondary N) is 1. The zero-order valence-electron chi connectivity index (χ0n) is 10.3. The molecule has 0 saturated carbocycles. The fraction of sp³-hybridized carbons (Fsp3) is 0.364. The van der Waals surface area contributed by atoms with Gasteiger partial charge in [0.15, 0.2) is 0 Å². The van der Waals surface area contributed by atoms with Crippen molar-refractivity contribution in [2.45, 2.75) is 13.8 Å². The number of aryl methyl sites for hydroxylation is 1. The molecule has 0 aliphatic heterocycles. The molecular weight excluding hydrogens is 222 g/mol. The summed E-state index contributed by atoms with van der Waals surface area (Å²) in [6, 6.07) is 3.06. The predicted molar refractivity (Wildman–Crippen MR) is 66.5 cm³/mol. The SMILES string of the molecule is CC(=O)Nc1cc(C)c(N(C)C)cc1[N+](=O)[O-]. The van der Waals surface area contributed by atoms with Crippen molar-refractivity contribution in [1.82, 2.24) is 0 Å². The van der Waals surface area contributed by atoms with Gasteiger partial charge in [-0.3, -0.25) is 14.9 Å². The molecule has 0 aliphatic rings. The average molecular weight is 237 g/mol. The summed E-state index contributed by atoms with van der Waals surface area (Å²) in [6.07, 6.45) is 0. The molecule has 92 valence electrons. The van der Waals surface area contributed by atoms with E-state index in [1.54, 1.807) is 11.0 Å². The first-order valence-electron chi connectivity index (χ1n) is 5.07. The summed E-state index contributed by atoms with van der Waals surface area (Å²) >= 11 is 0. The van der Waals surface area contributed by atoms with Gasteiger partial charge in [0.05, 0.1) is 4.92 Å². The van der Waals surface area contributed by atoms with Gasteiger partial charge in [-0.1, -0.05) is 0 Å². The Morgan fingerprint density at radius 1 is 1.41 bits per heavy atom. The molecule has 0 heterocycles. The Morgan fingerprint density at radius 2 is 2.00 bits per heavy atom. The Kier molecular flexibility index (Phi) is 3.67. The van der Waals surface area contributed by atoms with Crippen molar-refractivity contribution in [3.63, 3.8) is 0 Å². The number of nitro benzene ring substituents is 1. The summed E-state index contributed by atoms with van der Waals surface area (Å²) in [6.45, 7) is 3.16. The summed E-state index contributed by atoms with van der Waals surface area (Å²) in [5.74, 6) is -0.329. The molecule has 0 fully saturated rings. The predicted octanol–water partition coefficient (Wildman–Crippen LogP) is 1.93. The number of rotatable bonds is 3. The van der Waals surface area contributed by atoms with Crippen molar-refractivity contribution in [2.75, 3.05) is 24.3 Å². The van der Waals surface area contributed by atoms with Gasteiger partial charge < -0.3 is 10.2 Å². The molecule has 6 nitrogen and oxygen atoms in total. The molecule has 0 bridgehead atoms. The van der Waals surface area contributed by atoms with Crippen LogP contribution < -0.4 is 10.2 Å². The van der Waals surface area contributed by atoms with E-state index in [-0.39, 0.29) is 17.3 Å². The monoisotopic (exact) mass is 237 g/mol. The van der Waals surface area contributed by atoms with Crippen LogP contribution >= 0.6 is 0 Å². The number of amides is 1. The zero-order valence-corrected chi connectivity index (χ0v) is 10.3. The number of carbonyl (C=O) groups excluding carboxylic acids is 1. The van der Waals surface area contributed by atoms with Crippen molar-refractivity contribution < 1.29 is 9.72 Å². The van der Waals surface area contributed by atoms with Crippen molar-refractivity contribution in [3.05, 3.63) is 27.8 Å². The van der Waals surface area contributed by atoms with E-state index in [1.165, 1.54) is 13.0 Å². The quantitative estimate of drug-likeness (QED) is 0.643. The second-order valence-corrected chi connectivity index (χ2v) is 3.99. The number of hydrogen-bond acceptors (Lipinski definition) is 4. The second kappa shape index (κ2) is 4.82. The van der Waals surface area contributed by atoms with Gasteiger partial charge in [0.25, 0.3) is 5.69 Å². The van der Waals surface area contributed by atoms with Crippen molar-refractivity contribution >= 4 is 23.0 Å². The molecule has 1 aromatic rings. The molecule has 1 N–H and O–H groups in total. The van der Waals surface area contributed by atoms with Gasteiger partial charge in [0.1, 0.15) is 5.69 Å². The lowest BCUT2D eigenvalue weighted by Gasteiger charge is -2.16. The van der Waals surface area contributed by atoms with E-state index in [2.05, 4.69) is 5.32 Å². The lowest BCUT2D eigenvalue weighted by molar-refractivity contribution is -0.383. The van der Waals surface area contributed by atoms with Gasteiger partial charge >= 0.3 is 0 Å². The minimum atomic E-state index is -0.502. The van der Waals surface area contributed by atoms with E-state index in [0.29, 0.717) is 0 Å². The Labute approximate surface area is 99.4 Å². The number of carbonyl (C=O) groups is 1. The first-order chi connectivity index (χ1) is 7.82. The van der Waals surface area contributed by atoms with Crippen molar-refractivity contribution in [3.8, 4) is 0 Å². The normalized spacial score (nSPS) is 9.88. The van der Waals surface area contributed by atoms with Crippen LogP contribution in [0.25, 0.3) is 0 Å². The summed E-state index contributed by atoms with van der Waals surface area (Å²) in [4.78, 5) is 23.2. The standard InChI is InChI=1S/C11H15N3O3/c1-7-5-9(12-8(2)15)11(14(16)17)6-10(7)13(3)4/h5-6H,1-4H3,(H,12,15). The van der Waals surface area contributed by atoms with Gasteiger partial charge in [-0.15, -0.1) is 0 Å². The average Bonchev–Trinajstić information content (AvgIpc) is 2.15. The smallest absolute Gasteiger partial charge is 0.294 e. The van der Waals surface area contributed by atoms with Crippen LogP contribution in [0.1, 0.15) is 12.5 Å². The Hall–Kier alpha value is -2.11. The number of benzene rings is 1. The van der Waals surface area contributed by atoms with E-state index < -0.39 is 4.92 Å². The molecule has 6 heteroatoms. The molecule has 0 spiro atoms. The maximum atomic E-state index is 11.0. The van der Waals surface area contributed by atoms with E-state index >= 15 is 0 Å². The highest BCUT2D eigenvalue weighted by molar-refractivity contribution is 5.92. The minimum absolute atomic E-state index is 0.102. The van der Waals surface area contributed by atoms with Gasteiger partial charge in [0, 0.05) is 32.8 Å². The summed E-state index contributed by atoms with van der Waals surface area (Å²) in [5.41, 5.74) is 1.75. The zero-order chi connectivity index (χ0) is 13.2. The number of anilines is 2. The molecule has 0 unspecified atom stereocenters. The Morgan fingerprint density at radius 3 is 2.41 bits per heavy atom. The number of nitro groups is 1. The topological polar surface area (TPSA) is 75.5 Å². The van der Waals surface area contributed by atoms with E-state index in [0.717, 1.165) is 11.3 Å². The summed E-state index contributed by atoms with van der Waals surface area (Å²) in [5, 5.41) is 13.4. The number of hydrogen-bond donors (Lipinski definition) is 1. The maximum Gasteiger partial charge on any atom is 0.294 e. The van der Waals surface area contributed by atoms with Crippen LogP contribution in [0.15, 0.2) is 12.1 Å². The molecule has 1 rings (SSSR count). The van der Waals surface area contributed by atoms with Crippen LogP contribution in [-0.2, 0) is 4.79 Å². The lowest BCUT2D eigenvalue weighted by atomic mass is 10.1. The molecule has 0 atom stereocenters. The van der Waals surface area contributed by atoms with Gasteiger partial charge in [-0.05, 0) is 18.6 Å². The van der Waals surface area contributed by atoms with Gasteiger partial charge in [-0.25, -0.2) is 0 Å². The Bertz CT molecular complexity index is 469. The third-order valence-corrected chi connectivity index (χ3v) is 2.30. The van der Waals surface area contributed by atoms with E-state index in [4.69, 9.17) is 0 Å². The first kappa shape index (κ1) is 13.0. The molecule has 17 heavy (non-hydrogen) atoms. The lowest BCUT2D eigenvalue weighted by Crippen LogP contribution is -2.13. The molecule has 1 amide bonds. The van der Waals surface area contributed by atoms with Gasteiger partial charge in [-0.2, -0.15) is 0 Å². The fourth-order valence-electron chi connectivity index (χ4n) is 1.61. The van der Waals surface area contributed by atoms with Crippen molar-refractivity contribution in [2.24, 2.45) is 0 Å². The molecule has 1 aromatic carbocycles. The van der Waals surface area contributed by atoms with Crippen LogP contribution in [0.2, 0.25) is 0 Å². The summed E-state index contributed by atoms with van der Waals surface area (Å²) < 4.78 is 0. The largest absolute Gasteiger partial charge is 0.377 e. The maximum absolute atomic E-state index is 11.0.